The number of hydrogen-bond donors (Lipinski definition) is 0. The normalized spacial score (nSPS) is 9.58. The molecule has 12 heavy (non-hydrogen) atoms. The Morgan fingerprint density at radius 3 is 2.58 bits per heavy atom. The molecule has 0 aliphatic rings. The van der Waals surface area contributed by atoms with Crippen molar-refractivity contribution in [2.45, 2.75) is 6.92 Å². The maximum Gasteiger partial charge on any atom is 0.154 e. The molecule has 0 spiro atoms. The highest BCUT2D eigenvalue weighted by molar-refractivity contribution is 9.10. The lowest BCUT2D eigenvalue weighted by Gasteiger charge is -2.07. The number of aldehydes is 1. The zero-order valence-electron chi connectivity index (χ0n) is 6.93. The van der Waals surface area contributed by atoms with Crippen LogP contribution in [0, 0.1) is 6.92 Å². The SMILES string of the molecule is COc1c(C)ccc(Br)c1C=O. The van der Waals surface area contributed by atoms with Gasteiger partial charge in [0.15, 0.2) is 6.29 Å². The summed E-state index contributed by atoms with van der Waals surface area (Å²) < 4.78 is 5.85. The third-order valence-electron chi connectivity index (χ3n) is 1.66. The monoisotopic (exact) mass is 228 g/mol. The zero-order chi connectivity index (χ0) is 9.14. The minimum absolute atomic E-state index is 0.567. The maximum atomic E-state index is 10.6. The van der Waals surface area contributed by atoms with Crippen LogP contribution in [0.1, 0.15) is 15.9 Å². The first-order valence-electron chi connectivity index (χ1n) is 3.49. The van der Waals surface area contributed by atoms with E-state index in [0.717, 1.165) is 16.3 Å². The number of ether oxygens (including phenoxy) is 1. The number of rotatable bonds is 2. The first kappa shape index (κ1) is 9.26. The van der Waals surface area contributed by atoms with Crippen LogP contribution in [0.3, 0.4) is 0 Å². The maximum absolute atomic E-state index is 10.6. The summed E-state index contributed by atoms with van der Waals surface area (Å²) in [6, 6.07) is 3.73. The van der Waals surface area contributed by atoms with Gasteiger partial charge in [-0.1, -0.05) is 6.07 Å². The van der Waals surface area contributed by atoms with Crippen LogP contribution in [-0.2, 0) is 0 Å². The van der Waals surface area contributed by atoms with Gasteiger partial charge in [-0.3, -0.25) is 4.79 Å². The third kappa shape index (κ3) is 1.50. The minimum Gasteiger partial charge on any atom is -0.496 e. The number of halogens is 1. The van der Waals surface area contributed by atoms with E-state index < -0.39 is 0 Å². The molecule has 3 heteroatoms. The van der Waals surface area contributed by atoms with E-state index in [0.29, 0.717) is 11.3 Å². The van der Waals surface area contributed by atoms with Gasteiger partial charge in [0.1, 0.15) is 5.75 Å². The largest absolute Gasteiger partial charge is 0.496 e. The van der Waals surface area contributed by atoms with Crippen LogP contribution >= 0.6 is 15.9 Å². The molecule has 0 heterocycles. The summed E-state index contributed by atoms with van der Waals surface area (Å²) >= 11 is 3.27. The molecule has 0 radical (unpaired) electrons. The highest BCUT2D eigenvalue weighted by Crippen LogP contribution is 2.28. The Morgan fingerprint density at radius 2 is 2.17 bits per heavy atom. The van der Waals surface area contributed by atoms with E-state index in [1.165, 1.54) is 0 Å². The van der Waals surface area contributed by atoms with Crippen LogP contribution < -0.4 is 4.74 Å². The predicted molar refractivity (Wildman–Crippen MR) is 50.8 cm³/mol. The second-order valence-corrected chi connectivity index (χ2v) is 3.28. The van der Waals surface area contributed by atoms with Crippen molar-refractivity contribution in [2.75, 3.05) is 7.11 Å². The van der Waals surface area contributed by atoms with E-state index in [1.807, 2.05) is 19.1 Å². The quantitative estimate of drug-likeness (QED) is 0.728. The average molecular weight is 229 g/mol. The Hall–Kier alpha value is -0.830. The molecule has 0 bridgehead atoms. The molecular formula is C9H9BrO2. The molecule has 1 rings (SSSR count). The van der Waals surface area contributed by atoms with Crippen molar-refractivity contribution in [1.29, 1.82) is 0 Å². The second kappa shape index (κ2) is 3.72. The fraction of sp³-hybridized carbons (Fsp3) is 0.222. The van der Waals surface area contributed by atoms with Crippen molar-refractivity contribution < 1.29 is 9.53 Å². The van der Waals surface area contributed by atoms with Gasteiger partial charge in [0, 0.05) is 4.47 Å². The van der Waals surface area contributed by atoms with Crippen LogP contribution in [0.5, 0.6) is 5.75 Å². The third-order valence-corrected chi connectivity index (χ3v) is 2.35. The predicted octanol–water partition coefficient (Wildman–Crippen LogP) is 2.58. The molecule has 0 unspecified atom stereocenters. The Kier molecular flexibility index (Phi) is 2.87. The molecule has 1 aromatic rings. The summed E-state index contributed by atoms with van der Waals surface area (Å²) in [7, 11) is 1.56. The van der Waals surface area contributed by atoms with Crippen molar-refractivity contribution in [1.82, 2.24) is 0 Å². The minimum atomic E-state index is 0.567. The summed E-state index contributed by atoms with van der Waals surface area (Å²) in [5.74, 6) is 0.638. The van der Waals surface area contributed by atoms with E-state index in [4.69, 9.17) is 4.74 Å². The first-order chi connectivity index (χ1) is 5.70. The van der Waals surface area contributed by atoms with Crippen molar-refractivity contribution in [3.05, 3.63) is 27.7 Å². The number of aryl methyl sites for hydroxylation is 1. The lowest BCUT2D eigenvalue weighted by Crippen LogP contribution is -1.94. The molecule has 64 valence electrons. The van der Waals surface area contributed by atoms with Crippen LogP contribution in [0.25, 0.3) is 0 Å². The number of methoxy groups -OCH3 is 1. The highest BCUT2D eigenvalue weighted by Gasteiger charge is 2.08. The summed E-state index contributed by atoms with van der Waals surface area (Å²) in [5, 5.41) is 0. The topological polar surface area (TPSA) is 26.3 Å². The fourth-order valence-electron chi connectivity index (χ4n) is 1.07. The highest BCUT2D eigenvalue weighted by atomic mass is 79.9. The van der Waals surface area contributed by atoms with Gasteiger partial charge in [-0.2, -0.15) is 0 Å². The van der Waals surface area contributed by atoms with Gasteiger partial charge in [0.25, 0.3) is 0 Å². The van der Waals surface area contributed by atoms with Crippen LogP contribution in [0.4, 0.5) is 0 Å². The van der Waals surface area contributed by atoms with Crippen molar-refractivity contribution in [3.8, 4) is 5.75 Å². The second-order valence-electron chi connectivity index (χ2n) is 2.43. The summed E-state index contributed by atoms with van der Waals surface area (Å²) in [5.41, 5.74) is 1.53. The molecule has 0 N–H and O–H groups in total. The molecule has 0 saturated heterocycles. The zero-order valence-corrected chi connectivity index (χ0v) is 8.51. The number of carbonyl (C=O) groups is 1. The molecule has 0 saturated carbocycles. The summed E-state index contributed by atoms with van der Waals surface area (Å²) in [6.07, 6.45) is 0.788. The van der Waals surface area contributed by atoms with E-state index in [9.17, 15) is 4.79 Å². The molecule has 0 aromatic heterocycles. The smallest absolute Gasteiger partial charge is 0.154 e. The molecule has 1 aromatic carbocycles. The van der Waals surface area contributed by atoms with Crippen molar-refractivity contribution in [2.24, 2.45) is 0 Å². The number of carbonyl (C=O) groups excluding carboxylic acids is 1. The van der Waals surface area contributed by atoms with Crippen molar-refractivity contribution in [3.63, 3.8) is 0 Å². The summed E-state index contributed by atoms with van der Waals surface area (Å²) in [6.45, 7) is 1.90. The Bertz CT molecular complexity index is 308. The van der Waals surface area contributed by atoms with Crippen LogP contribution in [0.2, 0.25) is 0 Å². The van der Waals surface area contributed by atoms with Crippen molar-refractivity contribution >= 4 is 22.2 Å². The van der Waals surface area contributed by atoms with Gasteiger partial charge < -0.3 is 4.74 Å². The van der Waals surface area contributed by atoms with Gasteiger partial charge in [-0.25, -0.2) is 0 Å². The number of benzene rings is 1. The molecular weight excluding hydrogens is 220 g/mol. The van der Waals surface area contributed by atoms with E-state index >= 15 is 0 Å². The van der Waals surface area contributed by atoms with E-state index in [-0.39, 0.29) is 0 Å². The van der Waals surface area contributed by atoms with Gasteiger partial charge in [0.2, 0.25) is 0 Å². The average Bonchev–Trinajstić information content (AvgIpc) is 2.08. The lowest BCUT2D eigenvalue weighted by atomic mass is 10.1. The molecule has 2 nitrogen and oxygen atoms in total. The Balaban J connectivity index is 3.38. The van der Waals surface area contributed by atoms with Gasteiger partial charge in [0.05, 0.1) is 12.7 Å². The standard InChI is InChI=1S/C9H9BrO2/c1-6-3-4-8(10)7(5-11)9(6)12-2/h3-5H,1-2H3. The summed E-state index contributed by atoms with van der Waals surface area (Å²) in [4.78, 5) is 10.6. The van der Waals surface area contributed by atoms with Gasteiger partial charge in [-0.05, 0) is 34.5 Å². The van der Waals surface area contributed by atoms with Crippen LogP contribution in [0.15, 0.2) is 16.6 Å². The van der Waals surface area contributed by atoms with Gasteiger partial charge in [-0.15, -0.1) is 0 Å². The van der Waals surface area contributed by atoms with Gasteiger partial charge >= 0.3 is 0 Å². The van der Waals surface area contributed by atoms with E-state index in [1.54, 1.807) is 7.11 Å². The molecule has 0 aliphatic carbocycles. The molecule has 0 atom stereocenters. The lowest BCUT2D eigenvalue weighted by molar-refractivity contribution is 0.111. The molecule has 0 amide bonds. The van der Waals surface area contributed by atoms with Crippen LogP contribution in [-0.4, -0.2) is 13.4 Å². The first-order valence-corrected chi connectivity index (χ1v) is 4.28. The van der Waals surface area contributed by atoms with E-state index in [2.05, 4.69) is 15.9 Å². The Labute approximate surface area is 79.7 Å². The molecule has 0 aliphatic heterocycles. The molecule has 0 fully saturated rings. The Morgan fingerprint density at radius 1 is 1.50 bits per heavy atom. The fourth-order valence-corrected chi connectivity index (χ4v) is 1.47. The number of hydrogen-bond acceptors (Lipinski definition) is 2.